The molecule has 2 N–H and O–H groups in total. The van der Waals surface area contributed by atoms with Crippen LogP contribution in [0.3, 0.4) is 0 Å². The van der Waals surface area contributed by atoms with Crippen molar-refractivity contribution in [2.24, 2.45) is 0 Å². The lowest BCUT2D eigenvalue weighted by atomic mass is 10.2. The lowest BCUT2D eigenvalue weighted by molar-refractivity contribution is 0.0227. The summed E-state index contributed by atoms with van der Waals surface area (Å²) in [6.45, 7) is 8.28. The maximum absolute atomic E-state index is 12.2. The van der Waals surface area contributed by atoms with E-state index in [-0.39, 0.29) is 12.1 Å². The first kappa shape index (κ1) is 16.8. The van der Waals surface area contributed by atoms with E-state index in [1.165, 1.54) is 0 Å². The Morgan fingerprint density at radius 2 is 2.36 bits per heavy atom. The summed E-state index contributed by atoms with van der Waals surface area (Å²) in [5.41, 5.74) is -0.430. The molecule has 0 aromatic carbocycles. The zero-order valence-corrected chi connectivity index (χ0v) is 13.9. The zero-order valence-electron chi connectivity index (χ0n) is 13.9. The van der Waals surface area contributed by atoms with E-state index >= 15 is 0 Å². The topological polar surface area (TPSA) is 70.2 Å². The number of imidazole rings is 1. The lowest BCUT2D eigenvalue weighted by Crippen LogP contribution is -2.44. The van der Waals surface area contributed by atoms with Gasteiger partial charge in [-0.2, -0.15) is 0 Å². The molecule has 1 aromatic heterocycles. The molecule has 2 heterocycles. The maximum atomic E-state index is 12.2. The molecule has 1 amide bonds. The fourth-order valence-corrected chi connectivity index (χ4v) is 2.69. The van der Waals surface area contributed by atoms with Crippen molar-refractivity contribution in [1.82, 2.24) is 20.2 Å². The van der Waals surface area contributed by atoms with Crippen LogP contribution >= 0.6 is 0 Å². The third-order valence-electron chi connectivity index (χ3n) is 3.71. The molecular formula is C16H28N4O2. The number of ether oxygens (including phenoxy) is 1. The number of rotatable bonds is 6. The van der Waals surface area contributed by atoms with Crippen LogP contribution in [0.5, 0.6) is 0 Å². The molecule has 1 fully saturated rings. The van der Waals surface area contributed by atoms with Crippen LogP contribution in [0.15, 0.2) is 12.4 Å². The van der Waals surface area contributed by atoms with E-state index < -0.39 is 5.60 Å². The maximum Gasteiger partial charge on any atom is 0.410 e. The summed E-state index contributed by atoms with van der Waals surface area (Å²) >= 11 is 0. The summed E-state index contributed by atoms with van der Waals surface area (Å²) < 4.78 is 5.48. The number of aryl methyl sites for hydroxylation is 1. The number of H-pyrrole nitrogens is 1. The molecule has 6 nitrogen and oxygen atoms in total. The van der Waals surface area contributed by atoms with E-state index in [4.69, 9.17) is 4.74 Å². The Morgan fingerprint density at radius 1 is 1.55 bits per heavy atom. The highest BCUT2D eigenvalue weighted by Crippen LogP contribution is 2.20. The molecule has 1 aliphatic rings. The van der Waals surface area contributed by atoms with E-state index in [1.54, 1.807) is 6.20 Å². The molecule has 1 unspecified atom stereocenters. The molecule has 1 aromatic rings. The minimum atomic E-state index is -0.430. The second-order valence-electron chi connectivity index (χ2n) is 6.81. The van der Waals surface area contributed by atoms with Gasteiger partial charge in [0.25, 0.3) is 0 Å². The average Bonchev–Trinajstić information content (AvgIpc) is 3.06. The smallest absolute Gasteiger partial charge is 0.410 e. The van der Waals surface area contributed by atoms with E-state index in [2.05, 4.69) is 15.3 Å². The molecule has 1 aliphatic heterocycles. The number of likely N-dealkylation sites (tertiary alicyclic amines) is 1. The van der Waals surface area contributed by atoms with E-state index in [0.29, 0.717) is 0 Å². The Balaban J connectivity index is 1.66. The number of carbonyl (C=O) groups excluding carboxylic acids is 1. The lowest BCUT2D eigenvalue weighted by Gasteiger charge is -2.28. The van der Waals surface area contributed by atoms with Crippen LogP contribution in [0.4, 0.5) is 4.79 Å². The average molecular weight is 308 g/mol. The molecule has 0 aliphatic carbocycles. The van der Waals surface area contributed by atoms with Crippen molar-refractivity contribution in [3.63, 3.8) is 0 Å². The molecule has 0 radical (unpaired) electrons. The summed E-state index contributed by atoms with van der Waals surface area (Å²) in [7, 11) is 0. The van der Waals surface area contributed by atoms with Gasteiger partial charge in [-0.1, -0.05) is 0 Å². The molecular weight excluding hydrogens is 280 g/mol. The van der Waals surface area contributed by atoms with Crippen LogP contribution in [0.25, 0.3) is 0 Å². The normalized spacial score (nSPS) is 18.7. The molecule has 2 rings (SSSR count). The van der Waals surface area contributed by atoms with Crippen molar-refractivity contribution >= 4 is 6.09 Å². The first-order chi connectivity index (χ1) is 10.5. The Bertz CT molecular complexity index is 453. The number of amides is 1. The van der Waals surface area contributed by atoms with Gasteiger partial charge in [0.05, 0.1) is 0 Å². The van der Waals surface area contributed by atoms with Gasteiger partial charge < -0.3 is 19.9 Å². The second kappa shape index (κ2) is 7.63. The number of nitrogens with one attached hydrogen (secondary N) is 2. The Kier molecular flexibility index (Phi) is 5.83. The number of nitrogens with zero attached hydrogens (tertiary/aromatic N) is 2. The first-order valence-electron chi connectivity index (χ1n) is 8.14. The highest BCUT2D eigenvalue weighted by atomic mass is 16.6. The quantitative estimate of drug-likeness (QED) is 0.791. The molecule has 1 atom stereocenters. The monoisotopic (exact) mass is 308 g/mol. The SMILES string of the molecule is CC(C)(C)OC(=O)N1CCCC1CNCCCc1ncc[nH]1. The highest BCUT2D eigenvalue weighted by Gasteiger charge is 2.31. The van der Waals surface area contributed by atoms with Gasteiger partial charge in [-0.3, -0.25) is 0 Å². The minimum Gasteiger partial charge on any atom is -0.444 e. The van der Waals surface area contributed by atoms with Gasteiger partial charge in [-0.15, -0.1) is 0 Å². The number of hydrogen-bond acceptors (Lipinski definition) is 4. The van der Waals surface area contributed by atoms with Crippen LogP contribution in [0.1, 0.15) is 45.9 Å². The molecule has 0 bridgehead atoms. The fourth-order valence-electron chi connectivity index (χ4n) is 2.69. The predicted octanol–water partition coefficient (Wildman–Crippen LogP) is 2.33. The Morgan fingerprint density at radius 3 is 3.05 bits per heavy atom. The summed E-state index contributed by atoms with van der Waals surface area (Å²) in [4.78, 5) is 21.4. The Hall–Kier alpha value is -1.56. The standard InChI is InChI=1S/C16H28N4O2/c1-16(2,3)22-15(21)20-11-5-6-13(20)12-17-8-4-7-14-18-9-10-19-14/h9-10,13,17H,4-8,11-12H2,1-3H3,(H,18,19). The van der Waals surface area contributed by atoms with Crippen LogP contribution < -0.4 is 5.32 Å². The molecule has 1 saturated heterocycles. The van der Waals surface area contributed by atoms with Crippen LogP contribution in [0, 0.1) is 0 Å². The molecule has 124 valence electrons. The van der Waals surface area contributed by atoms with Crippen LogP contribution in [-0.4, -0.2) is 52.2 Å². The predicted molar refractivity (Wildman–Crippen MR) is 85.7 cm³/mol. The molecule has 6 heteroatoms. The number of aromatic amines is 1. The van der Waals surface area contributed by atoms with Gasteiger partial charge in [-0.05, 0) is 46.6 Å². The minimum absolute atomic E-state index is 0.188. The van der Waals surface area contributed by atoms with Gasteiger partial charge in [-0.25, -0.2) is 9.78 Å². The van der Waals surface area contributed by atoms with Gasteiger partial charge in [0.2, 0.25) is 0 Å². The summed E-state index contributed by atoms with van der Waals surface area (Å²) in [6, 6.07) is 0.249. The first-order valence-corrected chi connectivity index (χ1v) is 8.14. The van der Waals surface area contributed by atoms with Crippen molar-refractivity contribution in [2.45, 2.75) is 58.1 Å². The second-order valence-corrected chi connectivity index (χ2v) is 6.81. The van der Waals surface area contributed by atoms with Gasteiger partial charge in [0.15, 0.2) is 0 Å². The van der Waals surface area contributed by atoms with Crippen LogP contribution in [0.2, 0.25) is 0 Å². The van der Waals surface area contributed by atoms with Crippen molar-refractivity contribution in [3.05, 3.63) is 18.2 Å². The van der Waals surface area contributed by atoms with E-state index in [1.807, 2.05) is 31.9 Å². The van der Waals surface area contributed by atoms with Crippen molar-refractivity contribution in [2.75, 3.05) is 19.6 Å². The fraction of sp³-hybridized carbons (Fsp3) is 0.750. The number of aromatic nitrogens is 2. The van der Waals surface area contributed by atoms with Gasteiger partial charge in [0, 0.05) is 37.9 Å². The molecule has 0 spiro atoms. The third-order valence-corrected chi connectivity index (χ3v) is 3.71. The zero-order chi connectivity index (χ0) is 16.0. The van der Waals surface area contributed by atoms with Crippen LogP contribution in [-0.2, 0) is 11.2 Å². The summed E-state index contributed by atoms with van der Waals surface area (Å²) in [5, 5.41) is 3.45. The number of carbonyl (C=O) groups is 1. The van der Waals surface area contributed by atoms with Crippen molar-refractivity contribution in [3.8, 4) is 0 Å². The Labute approximate surface area is 132 Å². The summed E-state index contributed by atoms with van der Waals surface area (Å²) in [5.74, 6) is 1.03. The van der Waals surface area contributed by atoms with Gasteiger partial charge >= 0.3 is 6.09 Å². The third kappa shape index (κ3) is 5.33. The summed E-state index contributed by atoms with van der Waals surface area (Å²) in [6.07, 6.45) is 7.52. The molecule has 22 heavy (non-hydrogen) atoms. The van der Waals surface area contributed by atoms with Gasteiger partial charge in [0.1, 0.15) is 11.4 Å². The highest BCUT2D eigenvalue weighted by molar-refractivity contribution is 5.69. The van der Waals surface area contributed by atoms with E-state index in [0.717, 1.165) is 51.1 Å². The molecule has 0 saturated carbocycles. The largest absolute Gasteiger partial charge is 0.444 e. The number of hydrogen-bond donors (Lipinski definition) is 2. The van der Waals surface area contributed by atoms with Crippen molar-refractivity contribution < 1.29 is 9.53 Å². The van der Waals surface area contributed by atoms with E-state index in [9.17, 15) is 4.79 Å². The van der Waals surface area contributed by atoms with Crippen molar-refractivity contribution in [1.29, 1.82) is 0 Å².